The molecule has 20 heavy (non-hydrogen) atoms. The molecule has 4 N–H and O–H groups in total. The molecule has 104 valence electrons. The molecule has 0 bridgehead atoms. The predicted molar refractivity (Wildman–Crippen MR) is 68.4 cm³/mol. The first-order chi connectivity index (χ1) is 9.58. The number of halogens is 1. The Balaban J connectivity index is 2.04. The van der Waals surface area contributed by atoms with E-state index >= 15 is 0 Å². The van der Waals surface area contributed by atoms with Crippen molar-refractivity contribution in [3.05, 3.63) is 34.6 Å². The minimum absolute atomic E-state index is 0.0356. The van der Waals surface area contributed by atoms with Crippen LogP contribution in [0.3, 0.4) is 0 Å². The lowest BCUT2D eigenvalue weighted by molar-refractivity contribution is 0.0698. The Labute approximate surface area is 117 Å². The predicted octanol–water partition coefficient (Wildman–Crippen LogP) is 0.873. The van der Waals surface area contributed by atoms with Gasteiger partial charge in [0.05, 0.1) is 17.3 Å². The van der Waals surface area contributed by atoms with Gasteiger partial charge in [0, 0.05) is 0 Å². The zero-order valence-corrected chi connectivity index (χ0v) is 10.7. The molecule has 0 aliphatic rings. The van der Waals surface area contributed by atoms with Gasteiger partial charge in [-0.25, -0.2) is 9.59 Å². The highest BCUT2D eigenvalue weighted by Gasteiger charge is 2.16. The summed E-state index contributed by atoms with van der Waals surface area (Å²) in [5.74, 6) is -0.936. The Bertz CT molecular complexity index is 630. The Morgan fingerprint density at radius 1 is 1.40 bits per heavy atom. The summed E-state index contributed by atoms with van der Waals surface area (Å²) in [5.41, 5.74) is -0.0838. The number of aromatic nitrogens is 4. The van der Waals surface area contributed by atoms with Crippen molar-refractivity contribution >= 4 is 29.3 Å². The molecule has 0 atom stereocenters. The van der Waals surface area contributed by atoms with E-state index in [2.05, 4.69) is 31.3 Å². The van der Waals surface area contributed by atoms with E-state index in [0.29, 0.717) is 5.82 Å². The van der Waals surface area contributed by atoms with Crippen molar-refractivity contribution in [1.29, 1.82) is 0 Å². The average molecular weight is 297 g/mol. The van der Waals surface area contributed by atoms with Crippen molar-refractivity contribution in [3.63, 3.8) is 0 Å². The van der Waals surface area contributed by atoms with Crippen LogP contribution in [-0.4, -0.2) is 37.7 Å². The van der Waals surface area contributed by atoms with Gasteiger partial charge in [0.1, 0.15) is 5.56 Å². The maximum atomic E-state index is 11.6. The topological polar surface area (TPSA) is 133 Å². The number of tetrazole rings is 1. The van der Waals surface area contributed by atoms with Crippen LogP contribution in [0.15, 0.2) is 18.2 Å². The summed E-state index contributed by atoms with van der Waals surface area (Å²) in [5, 5.41) is 26.8. The van der Waals surface area contributed by atoms with Gasteiger partial charge in [0.15, 0.2) is 5.82 Å². The molecule has 0 saturated heterocycles. The number of carbonyl (C=O) groups excluding carboxylic acids is 1. The second kappa shape index (κ2) is 5.97. The standard InChI is InChI=1S/C10H9ClN6O3/c11-5-2-1-3-6(8(5)9(18)19)13-10(20)12-4-7-14-16-17-15-7/h1-3H,4H2,(H,18,19)(H2,12,13,20)(H,14,15,16,17). The molecule has 0 fully saturated rings. The van der Waals surface area contributed by atoms with Crippen molar-refractivity contribution in [2.75, 3.05) is 5.32 Å². The third kappa shape index (κ3) is 3.20. The molecule has 1 aromatic heterocycles. The van der Waals surface area contributed by atoms with Crippen LogP contribution in [0.1, 0.15) is 16.2 Å². The zero-order chi connectivity index (χ0) is 14.5. The summed E-state index contributed by atoms with van der Waals surface area (Å²) in [7, 11) is 0. The van der Waals surface area contributed by atoms with Gasteiger partial charge in [-0.1, -0.05) is 22.9 Å². The van der Waals surface area contributed by atoms with Crippen molar-refractivity contribution in [3.8, 4) is 0 Å². The fourth-order valence-corrected chi connectivity index (χ4v) is 1.68. The number of rotatable bonds is 4. The molecule has 9 nitrogen and oxygen atoms in total. The smallest absolute Gasteiger partial charge is 0.339 e. The average Bonchev–Trinajstić information content (AvgIpc) is 2.89. The largest absolute Gasteiger partial charge is 0.478 e. The number of anilines is 1. The number of benzene rings is 1. The minimum Gasteiger partial charge on any atom is -0.478 e. The molecule has 0 saturated carbocycles. The first kappa shape index (κ1) is 13.7. The molecule has 0 spiro atoms. The van der Waals surface area contributed by atoms with Crippen molar-refractivity contribution in [2.45, 2.75) is 6.54 Å². The summed E-state index contributed by atoms with van der Waals surface area (Å²) in [6, 6.07) is 3.78. The van der Waals surface area contributed by atoms with Gasteiger partial charge >= 0.3 is 12.0 Å². The lowest BCUT2D eigenvalue weighted by atomic mass is 10.2. The summed E-state index contributed by atoms with van der Waals surface area (Å²) < 4.78 is 0. The van der Waals surface area contributed by atoms with Crippen molar-refractivity contribution in [2.24, 2.45) is 0 Å². The Morgan fingerprint density at radius 3 is 2.85 bits per heavy atom. The van der Waals surface area contributed by atoms with E-state index in [1.807, 2.05) is 0 Å². The number of aromatic amines is 1. The van der Waals surface area contributed by atoms with Crippen LogP contribution in [0.2, 0.25) is 5.02 Å². The number of hydrogen-bond acceptors (Lipinski definition) is 5. The first-order valence-corrected chi connectivity index (χ1v) is 5.74. The molecular weight excluding hydrogens is 288 g/mol. The molecule has 1 heterocycles. The van der Waals surface area contributed by atoms with Crippen LogP contribution in [-0.2, 0) is 6.54 Å². The van der Waals surface area contributed by atoms with Crippen LogP contribution in [0.4, 0.5) is 10.5 Å². The number of carboxylic acid groups (broad SMARTS) is 1. The fraction of sp³-hybridized carbons (Fsp3) is 0.100. The highest BCUT2D eigenvalue weighted by molar-refractivity contribution is 6.34. The van der Waals surface area contributed by atoms with Crippen molar-refractivity contribution < 1.29 is 14.7 Å². The second-order valence-electron chi connectivity index (χ2n) is 3.60. The van der Waals surface area contributed by atoms with Gasteiger partial charge in [-0.2, -0.15) is 5.21 Å². The summed E-state index contributed by atoms with van der Waals surface area (Å²) in [6.45, 7) is 0.0469. The molecule has 2 aromatic rings. The van der Waals surface area contributed by atoms with Crippen LogP contribution in [0.5, 0.6) is 0 Å². The molecule has 2 amide bonds. The SMILES string of the molecule is O=C(NCc1nn[nH]n1)Nc1cccc(Cl)c1C(=O)O. The number of H-pyrrole nitrogens is 1. The molecular formula is C10H9ClN6O3. The zero-order valence-electron chi connectivity index (χ0n) is 9.92. The van der Waals surface area contributed by atoms with E-state index in [0.717, 1.165) is 0 Å². The molecule has 0 unspecified atom stereocenters. The van der Waals surface area contributed by atoms with Gasteiger partial charge in [-0.15, -0.1) is 10.2 Å². The van der Waals surface area contributed by atoms with E-state index in [4.69, 9.17) is 16.7 Å². The summed E-state index contributed by atoms with van der Waals surface area (Å²) >= 11 is 5.78. The Kier molecular flexibility index (Phi) is 4.11. The number of carboxylic acids is 1. The van der Waals surface area contributed by atoms with Gasteiger partial charge in [0.2, 0.25) is 0 Å². The molecule has 0 radical (unpaired) electrons. The van der Waals surface area contributed by atoms with Crippen LogP contribution < -0.4 is 10.6 Å². The normalized spacial score (nSPS) is 10.1. The number of aromatic carboxylic acids is 1. The van der Waals surface area contributed by atoms with E-state index in [9.17, 15) is 9.59 Å². The number of amides is 2. The van der Waals surface area contributed by atoms with E-state index in [-0.39, 0.29) is 22.8 Å². The number of nitrogens with one attached hydrogen (secondary N) is 3. The van der Waals surface area contributed by atoms with Crippen LogP contribution >= 0.6 is 11.6 Å². The van der Waals surface area contributed by atoms with E-state index in [1.165, 1.54) is 18.2 Å². The molecule has 2 rings (SSSR count). The number of hydrogen-bond donors (Lipinski definition) is 4. The van der Waals surface area contributed by atoms with Crippen molar-refractivity contribution in [1.82, 2.24) is 25.9 Å². The maximum Gasteiger partial charge on any atom is 0.339 e. The Morgan fingerprint density at radius 2 is 2.20 bits per heavy atom. The maximum absolute atomic E-state index is 11.6. The lowest BCUT2D eigenvalue weighted by Crippen LogP contribution is -2.29. The number of nitrogens with zero attached hydrogens (tertiary/aromatic N) is 3. The molecule has 1 aromatic carbocycles. The molecule has 0 aliphatic heterocycles. The summed E-state index contributed by atoms with van der Waals surface area (Å²) in [6.07, 6.45) is 0. The van der Waals surface area contributed by atoms with E-state index < -0.39 is 12.0 Å². The fourth-order valence-electron chi connectivity index (χ4n) is 1.43. The third-order valence-corrected chi connectivity index (χ3v) is 2.59. The Hall–Kier alpha value is -2.68. The molecule has 10 heteroatoms. The number of carbonyl (C=O) groups is 2. The van der Waals surface area contributed by atoms with Crippen LogP contribution in [0, 0.1) is 0 Å². The monoisotopic (exact) mass is 296 g/mol. The highest BCUT2D eigenvalue weighted by Crippen LogP contribution is 2.24. The highest BCUT2D eigenvalue weighted by atomic mass is 35.5. The molecule has 0 aliphatic carbocycles. The van der Waals surface area contributed by atoms with Gasteiger partial charge in [-0.05, 0) is 12.1 Å². The quantitative estimate of drug-likeness (QED) is 0.661. The lowest BCUT2D eigenvalue weighted by Gasteiger charge is -2.09. The van der Waals surface area contributed by atoms with Gasteiger partial charge in [-0.3, -0.25) is 0 Å². The first-order valence-electron chi connectivity index (χ1n) is 5.37. The second-order valence-corrected chi connectivity index (χ2v) is 4.01. The van der Waals surface area contributed by atoms with Gasteiger partial charge in [0.25, 0.3) is 0 Å². The van der Waals surface area contributed by atoms with E-state index in [1.54, 1.807) is 0 Å². The van der Waals surface area contributed by atoms with Gasteiger partial charge < -0.3 is 15.7 Å². The summed E-state index contributed by atoms with van der Waals surface area (Å²) in [4.78, 5) is 22.7. The third-order valence-electron chi connectivity index (χ3n) is 2.27. The number of urea groups is 1. The minimum atomic E-state index is -1.23. The van der Waals surface area contributed by atoms with Crippen LogP contribution in [0.25, 0.3) is 0 Å².